The Bertz CT molecular complexity index is 323. The van der Waals surface area contributed by atoms with E-state index in [1.807, 2.05) is 13.0 Å². The van der Waals surface area contributed by atoms with Crippen LogP contribution in [0.3, 0.4) is 0 Å². The fourth-order valence-corrected chi connectivity index (χ4v) is 1.29. The smallest absolute Gasteiger partial charge is 0.184 e. The largest absolute Gasteiger partial charge is 0.496 e. The van der Waals surface area contributed by atoms with Gasteiger partial charge in [-0.3, -0.25) is 4.79 Å². The van der Waals surface area contributed by atoms with Gasteiger partial charge in [0.2, 0.25) is 0 Å². The molecule has 1 aromatic carbocycles. The molecule has 0 N–H and O–H groups in total. The van der Waals surface area contributed by atoms with E-state index in [-0.39, 0.29) is 6.29 Å². The number of aldehydes is 1. The van der Waals surface area contributed by atoms with Gasteiger partial charge in [0.05, 0.1) is 7.11 Å². The van der Waals surface area contributed by atoms with Gasteiger partial charge in [-0.1, -0.05) is 13.0 Å². The van der Waals surface area contributed by atoms with Gasteiger partial charge in [0.25, 0.3) is 0 Å². The lowest BCUT2D eigenvalue weighted by Crippen LogP contribution is -1.98. The van der Waals surface area contributed by atoms with Crippen LogP contribution < -0.4 is 4.74 Å². The van der Waals surface area contributed by atoms with Crippen molar-refractivity contribution >= 4 is 6.29 Å². The molecule has 0 bridgehead atoms. The van der Waals surface area contributed by atoms with E-state index >= 15 is 0 Å². The molecule has 1 aromatic rings. The van der Waals surface area contributed by atoms with Crippen LogP contribution >= 0.6 is 0 Å². The summed E-state index contributed by atoms with van der Waals surface area (Å²) >= 11 is 0. The molecule has 0 radical (unpaired) electrons. The third-order valence-corrected chi connectivity index (χ3v) is 2.12. The molecule has 0 spiro atoms. The van der Waals surface area contributed by atoms with Gasteiger partial charge in [0, 0.05) is 5.56 Å². The van der Waals surface area contributed by atoms with Crippen molar-refractivity contribution in [3.05, 3.63) is 29.3 Å². The molecule has 2 nitrogen and oxygen atoms in total. The van der Waals surface area contributed by atoms with Crippen molar-refractivity contribution in [2.75, 3.05) is 7.11 Å². The van der Waals surface area contributed by atoms with E-state index < -0.39 is 6.17 Å². The Morgan fingerprint density at radius 2 is 2.29 bits per heavy atom. The Labute approximate surface area is 82.7 Å². The van der Waals surface area contributed by atoms with Crippen molar-refractivity contribution in [2.45, 2.75) is 19.5 Å². The van der Waals surface area contributed by atoms with Crippen molar-refractivity contribution in [3.63, 3.8) is 0 Å². The van der Waals surface area contributed by atoms with E-state index in [1.54, 1.807) is 12.1 Å². The number of methoxy groups -OCH3 is 1. The van der Waals surface area contributed by atoms with Crippen molar-refractivity contribution in [2.24, 2.45) is 0 Å². The van der Waals surface area contributed by atoms with Crippen molar-refractivity contribution < 1.29 is 13.9 Å². The zero-order valence-electron chi connectivity index (χ0n) is 8.29. The molecular formula is C11H13FO2. The van der Waals surface area contributed by atoms with Crippen molar-refractivity contribution in [3.8, 4) is 5.75 Å². The molecule has 0 heterocycles. The summed E-state index contributed by atoms with van der Waals surface area (Å²) in [5, 5.41) is 0. The molecule has 0 aliphatic rings. The minimum atomic E-state index is -1.60. The fraction of sp³-hybridized carbons (Fsp3) is 0.364. The second-order valence-electron chi connectivity index (χ2n) is 2.97. The highest BCUT2D eigenvalue weighted by atomic mass is 19.1. The zero-order valence-corrected chi connectivity index (χ0v) is 8.29. The number of hydrogen-bond acceptors (Lipinski definition) is 2. The third kappa shape index (κ3) is 2.10. The highest BCUT2D eigenvalue weighted by Gasteiger charge is 2.14. The summed E-state index contributed by atoms with van der Waals surface area (Å²) < 4.78 is 18.1. The fourth-order valence-electron chi connectivity index (χ4n) is 1.29. The van der Waals surface area contributed by atoms with E-state index in [1.165, 1.54) is 7.11 Å². The van der Waals surface area contributed by atoms with E-state index in [0.29, 0.717) is 11.3 Å². The molecule has 0 saturated heterocycles. The maximum Gasteiger partial charge on any atom is 0.184 e. The Kier molecular flexibility index (Phi) is 3.63. The van der Waals surface area contributed by atoms with Gasteiger partial charge in [-0.05, 0) is 24.1 Å². The first kappa shape index (κ1) is 10.7. The quantitative estimate of drug-likeness (QED) is 0.691. The summed E-state index contributed by atoms with van der Waals surface area (Å²) in [5.74, 6) is 0.418. The maximum absolute atomic E-state index is 13.2. The van der Waals surface area contributed by atoms with Gasteiger partial charge in [-0.2, -0.15) is 0 Å². The molecule has 0 aromatic heterocycles. The van der Waals surface area contributed by atoms with E-state index in [4.69, 9.17) is 4.74 Å². The first-order valence-electron chi connectivity index (χ1n) is 4.49. The van der Waals surface area contributed by atoms with Crippen LogP contribution in [0.15, 0.2) is 18.2 Å². The van der Waals surface area contributed by atoms with Crippen LogP contribution in [0.1, 0.15) is 24.2 Å². The Hall–Kier alpha value is -1.38. The lowest BCUT2D eigenvalue weighted by molar-refractivity contribution is -0.112. The summed E-state index contributed by atoms with van der Waals surface area (Å²) in [6.45, 7) is 1.97. The van der Waals surface area contributed by atoms with Crippen LogP contribution in [-0.4, -0.2) is 13.4 Å². The molecule has 0 amide bonds. The number of benzene rings is 1. The van der Waals surface area contributed by atoms with Gasteiger partial charge in [0.15, 0.2) is 12.5 Å². The normalized spacial score (nSPS) is 12.2. The maximum atomic E-state index is 13.2. The zero-order chi connectivity index (χ0) is 10.6. The van der Waals surface area contributed by atoms with E-state index in [2.05, 4.69) is 0 Å². The van der Waals surface area contributed by atoms with Crippen molar-refractivity contribution in [1.82, 2.24) is 0 Å². The standard InChI is InChI=1S/C11H13FO2/c1-3-8-4-5-11(14-2)9(6-8)10(12)7-13/h4-7,10H,3H2,1-2H3. The van der Waals surface area contributed by atoms with Gasteiger partial charge in [0.1, 0.15) is 5.75 Å². The molecule has 0 aliphatic carbocycles. The second-order valence-corrected chi connectivity index (χ2v) is 2.97. The molecule has 0 saturated carbocycles. The monoisotopic (exact) mass is 196 g/mol. The summed E-state index contributed by atoms with van der Waals surface area (Å²) in [6, 6.07) is 5.21. The molecular weight excluding hydrogens is 183 g/mol. The number of ether oxygens (including phenoxy) is 1. The number of aryl methyl sites for hydroxylation is 1. The number of carbonyl (C=O) groups excluding carboxylic acids is 1. The van der Waals surface area contributed by atoms with Crippen LogP contribution in [0.5, 0.6) is 5.75 Å². The number of carbonyl (C=O) groups is 1. The Morgan fingerprint density at radius 1 is 1.57 bits per heavy atom. The second kappa shape index (κ2) is 4.74. The number of alkyl halides is 1. The van der Waals surface area contributed by atoms with Gasteiger partial charge in [-0.15, -0.1) is 0 Å². The van der Waals surface area contributed by atoms with Crippen LogP contribution in [0, 0.1) is 0 Å². The van der Waals surface area contributed by atoms with Crippen molar-refractivity contribution in [1.29, 1.82) is 0 Å². The third-order valence-electron chi connectivity index (χ3n) is 2.12. The predicted octanol–water partition coefficient (Wildman–Crippen LogP) is 2.47. The first-order chi connectivity index (χ1) is 6.72. The van der Waals surface area contributed by atoms with Gasteiger partial charge >= 0.3 is 0 Å². The Morgan fingerprint density at radius 3 is 2.79 bits per heavy atom. The van der Waals surface area contributed by atoms with Gasteiger partial charge < -0.3 is 4.74 Å². The van der Waals surface area contributed by atoms with E-state index in [0.717, 1.165) is 12.0 Å². The summed E-state index contributed by atoms with van der Waals surface area (Å²) in [6.07, 6.45) is -0.517. The highest BCUT2D eigenvalue weighted by Crippen LogP contribution is 2.27. The minimum absolute atomic E-state index is 0.275. The molecule has 1 rings (SSSR count). The molecule has 0 aliphatic heterocycles. The Balaban J connectivity index is 3.14. The average Bonchev–Trinajstić information content (AvgIpc) is 2.27. The minimum Gasteiger partial charge on any atom is -0.496 e. The van der Waals surface area contributed by atoms with Crippen LogP contribution in [0.4, 0.5) is 4.39 Å². The number of halogens is 1. The molecule has 0 fully saturated rings. The average molecular weight is 196 g/mol. The number of hydrogen-bond donors (Lipinski definition) is 0. The molecule has 1 atom stereocenters. The molecule has 1 unspecified atom stereocenters. The molecule has 14 heavy (non-hydrogen) atoms. The highest BCUT2D eigenvalue weighted by molar-refractivity contribution is 5.62. The van der Waals surface area contributed by atoms with E-state index in [9.17, 15) is 9.18 Å². The first-order valence-corrected chi connectivity index (χ1v) is 4.49. The van der Waals surface area contributed by atoms with Crippen LogP contribution in [-0.2, 0) is 11.2 Å². The summed E-state index contributed by atoms with van der Waals surface area (Å²) in [4.78, 5) is 10.3. The SMILES string of the molecule is CCc1ccc(OC)c(C(F)C=O)c1. The molecule has 3 heteroatoms. The van der Waals surface area contributed by atoms with Crippen LogP contribution in [0.2, 0.25) is 0 Å². The lowest BCUT2D eigenvalue weighted by Gasteiger charge is -2.10. The van der Waals surface area contributed by atoms with Crippen LogP contribution in [0.25, 0.3) is 0 Å². The molecule has 76 valence electrons. The summed E-state index contributed by atoms with van der Waals surface area (Å²) in [7, 11) is 1.46. The van der Waals surface area contributed by atoms with Gasteiger partial charge in [-0.25, -0.2) is 4.39 Å². The number of rotatable bonds is 4. The topological polar surface area (TPSA) is 26.3 Å². The lowest BCUT2D eigenvalue weighted by atomic mass is 10.0. The predicted molar refractivity (Wildman–Crippen MR) is 52.3 cm³/mol. The summed E-state index contributed by atoms with van der Waals surface area (Å²) in [5.41, 5.74) is 1.30.